The summed E-state index contributed by atoms with van der Waals surface area (Å²) in [6, 6.07) is 10.4. The Bertz CT molecular complexity index is 450. The maximum absolute atomic E-state index is 11.9. The van der Waals surface area contributed by atoms with E-state index in [0.29, 0.717) is 26.3 Å². The molecule has 1 aromatic carbocycles. The van der Waals surface area contributed by atoms with Crippen molar-refractivity contribution in [1.82, 2.24) is 9.80 Å². The van der Waals surface area contributed by atoms with Crippen LogP contribution in [-0.2, 0) is 16.1 Å². The summed E-state index contributed by atoms with van der Waals surface area (Å²) in [6.45, 7) is 6.65. The minimum absolute atomic E-state index is 0.209. The monoisotopic (exact) mass is 306 g/mol. The molecule has 0 aromatic heterocycles. The van der Waals surface area contributed by atoms with Crippen molar-refractivity contribution in [2.24, 2.45) is 0 Å². The molecule has 1 unspecified atom stereocenters. The summed E-state index contributed by atoms with van der Waals surface area (Å²) in [5, 5.41) is 9.47. The fourth-order valence-electron chi connectivity index (χ4n) is 2.66. The van der Waals surface area contributed by atoms with Gasteiger partial charge in [-0.2, -0.15) is 0 Å². The third-order valence-corrected chi connectivity index (χ3v) is 3.88. The molecule has 1 aromatic rings. The number of hydrogen-bond acceptors (Lipinski definition) is 4. The molecule has 1 atom stereocenters. The molecule has 1 N–H and O–H groups in total. The first-order valence-electron chi connectivity index (χ1n) is 7.97. The van der Waals surface area contributed by atoms with Crippen LogP contribution in [-0.4, -0.2) is 66.3 Å². The number of nitrogens with zero attached hydrogens (tertiary/aromatic N) is 2. The standard InChI is InChI=1S/C17H26N2O3/c1-15(20)17(21)19-9-5-8-18(10-12-22-13-11-19)14-16-6-3-2-4-7-16/h2-4,6-7,15,20H,5,8-14H2,1H3. The molecule has 1 heterocycles. The van der Waals surface area contributed by atoms with Gasteiger partial charge in [0.25, 0.3) is 5.91 Å². The minimum atomic E-state index is -0.941. The van der Waals surface area contributed by atoms with Gasteiger partial charge in [0.15, 0.2) is 0 Å². The van der Waals surface area contributed by atoms with Crippen molar-refractivity contribution >= 4 is 5.91 Å². The fourth-order valence-corrected chi connectivity index (χ4v) is 2.66. The molecule has 5 heteroatoms. The first-order chi connectivity index (χ1) is 10.7. The van der Waals surface area contributed by atoms with Crippen LogP contribution in [0.25, 0.3) is 0 Å². The Labute approximate surface area is 132 Å². The van der Waals surface area contributed by atoms with Crippen LogP contribution in [0.5, 0.6) is 0 Å². The first-order valence-corrected chi connectivity index (χ1v) is 7.97. The normalized spacial score (nSPS) is 19.6. The SMILES string of the molecule is CC(O)C(=O)N1CCCN(Cc2ccccc2)CCOCC1. The van der Waals surface area contributed by atoms with Gasteiger partial charge in [-0.05, 0) is 18.9 Å². The van der Waals surface area contributed by atoms with Gasteiger partial charge in [0.2, 0.25) is 0 Å². The average Bonchev–Trinajstić information content (AvgIpc) is 2.53. The summed E-state index contributed by atoms with van der Waals surface area (Å²) in [5.41, 5.74) is 1.29. The van der Waals surface area contributed by atoms with Gasteiger partial charge in [0.1, 0.15) is 6.10 Å². The number of rotatable bonds is 3. The highest BCUT2D eigenvalue weighted by Gasteiger charge is 2.19. The maximum atomic E-state index is 11.9. The quantitative estimate of drug-likeness (QED) is 0.909. The molecule has 1 amide bonds. The summed E-state index contributed by atoms with van der Waals surface area (Å²) < 4.78 is 5.62. The van der Waals surface area contributed by atoms with Gasteiger partial charge in [-0.25, -0.2) is 0 Å². The number of aliphatic hydroxyl groups excluding tert-OH is 1. The molecule has 0 spiro atoms. The topological polar surface area (TPSA) is 53.0 Å². The summed E-state index contributed by atoms with van der Waals surface area (Å²) >= 11 is 0. The van der Waals surface area contributed by atoms with Crippen molar-refractivity contribution in [3.63, 3.8) is 0 Å². The Morgan fingerprint density at radius 3 is 2.64 bits per heavy atom. The Balaban J connectivity index is 1.89. The van der Waals surface area contributed by atoms with Crippen LogP contribution < -0.4 is 0 Å². The lowest BCUT2D eigenvalue weighted by molar-refractivity contribution is -0.140. The third kappa shape index (κ3) is 5.40. The maximum Gasteiger partial charge on any atom is 0.251 e. The lowest BCUT2D eigenvalue weighted by atomic mass is 10.2. The van der Waals surface area contributed by atoms with E-state index in [1.54, 1.807) is 4.90 Å². The van der Waals surface area contributed by atoms with Crippen molar-refractivity contribution in [3.05, 3.63) is 35.9 Å². The van der Waals surface area contributed by atoms with Gasteiger partial charge in [0.05, 0.1) is 13.2 Å². The van der Waals surface area contributed by atoms with Crippen LogP contribution in [0.15, 0.2) is 30.3 Å². The number of ether oxygens (including phenoxy) is 1. The van der Waals surface area contributed by atoms with Gasteiger partial charge in [0, 0.05) is 32.7 Å². The second-order valence-electron chi connectivity index (χ2n) is 5.73. The number of amides is 1. The molecule has 122 valence electrons. The molecule has 1 aliphatic heterocycles. The van der Waals surface area contributed by atoms with Crippen molar-refractivity contribution in [2.75, 3.05) is 39.4 Å². The largest absolute Gasteiger partial charge is 0.384 e. The van der Waals surface area contributed by atoms with E-state index in [1.807, 2.05) is 6.07 Å². The van der Waals surface area contributed by atoms with Crippen LogP contribution in [0.1, 0.15) is 18.9 Å². The highest BCUT2D eigenvalue weighted by atomic mass is 16.5. The summed E-state index contributed by atoms with van der Waals surface area (Å²) in [5.74, 6) is -0.209. The number of carbonyl (C=O) groups is 1. The van der Waals surface area contributed by atoms with Crippen molar-refractivity contribution < 1.29 is 14.6 Å². The number of carbonyl (C=O) groups excluding carboxylic acids is 1. The third-order valence-electron chi connectivity index (χ3n) is 3.88. The zero-order chi connectivity index (χ0) is 15.8. The lowest BCUT2D eigenvalue weighted by Gasteiger charge is -2.29. The zero-order valence-electron chi connectivity index (χ0n) is 13.3. The number of hydrogen-bond donors (Lipinski definition) is 1. The van der Waals surface area contributed by atoms with Gasteiger partial charge in [-0.1, -0.05) is 30.3 Å². The molecular formula is C17H26N2O3. The Kier molecular flexibility index (Phi) is 6.83. The van der Waals surface area contributed by atoms with E-state index in [0.717, 1.165) is 26.1 Å². The Morgan fingerprint density at radius 2 is 1.91 bits per heavy atom. The molecular weight excluding hydrogens is 280 g/mol. The van der Waals surface area contributed by atoms with E-state index in [9.17, 15) is 9.90 Å². The summed E-state index contributed by atoms with van der Waals surface area (Å²) in [7, 11) is 0. The smallest absolute Gasteiger partial charge is 0.251 e. The second-order valence-corrected chi connectivity index (χ2v) is 5.73. The highest BCUT2D eigenvalue weighted by Crippen LogP contribution is 2.07. The fraction of sp³-hybridized carbons (Fsp3) is 0.588. The van der Waals surface area contributed by atoms with Gasteiger partial charge in [-0.15, -0.1) is 0 Å². The van der Waals surface area contributed by atoms with Crippen LogP contribution >= 0.6 is 0 Å². The Morgan fingerprint density at radius 1 is 1.18 bits per heavy atom. The van der Waals surface area contributed by atoms with E-state index in [-0.39, 0.29) is 5.91 Å². The average molecular weight is 306 g/mol. The van der Waals surface area contributed by atoms with E-state index in [4.69, 9.17) is 4.74 Å². The first kappa shape index (κ1) is 16.9. The van der Waals surface area contributed by atoms with Crippen LogP contribution in [0.2, 0.25) is 0 Å². The predicted octanol–water partition coefficient (Wildman–Crippen LogP) is 1.12. The molecule has 0 radical (unpaired) electrons. The molecule has 1 aliphatic rings. The van der Waals surface area contributed by atoms with Gasteiger partial charge in [-0.3, -0.25) is 9.69 Å². The zero-order valence-corrected chi connectivity index (χ0v) is 13.3. The van der Waals surface area contributed by atoms with E-state index < -0.39 is 6.10 Å². The number of aliphatic hydroxyl groups is 1. The van der Waals surface area contributed by atoms with Gasteiger partial charge < -0.3 is 14.7 Å². The van der Waals surface area contributed by atoms with E-state index >= 15 is 0 Å². The van der Waals surface area contributed by atoms with Crippen LogP contribution in [0.4, 0.5) is 0 Å². The molecule has 2 rings (SSSR count). The molecule has 0 bridgehead atoms. The summed E-state index contributed by atoms with van der Waals surface area (Å²) in [6.07, 6.45) is -0.0333. The molecule has 1 saturated heterocycles. The molecule has 22 heavy (non-hydrogen) atoms. The van der Waals surface area contributed by atoms with Crippen LogP contribution in [0.3, 0.4) is 0 Å². The van der Waals surface area contributed by atoms with Crippen LogP contribution in [0, 0.1) is 0 Å². The van der Waals surface area contributed by atoms with Crippen molar-refractivity contribution in [2.45, 2.75) is 26.0 Å². The molecule has 0 saturated carbocycles. The molecule has 5 nitrogen and oxygen atoms in total. The summed E-state index contributed by atoms with van der Waals surface area (Å²) in [4.78, 5) is 16.0. The minimum Gasteiger partial charge on any atom is -0.384 e. The molecule has 0 aliphatic carbocycles. The highest BCUT2D eigenvalue weighted by molar-refractivity contribution is 5.80. The lowest BCUT2D eigenvalue weighted by Crippen LogP contribution is -2.42. The second kappa shape index (κ2) is 8.88. The number of benzene rings is 1. The predicted molar refractivity (Wildman–Crippen MR) is 85.4 cm³/mol. The van der Waals surface area contributed by atoms with Crippen molar-refractivity contribution in [3.8, 4) is 0 Å². The van der Waals surface area contributed by atoms with Gasteiger partial charge >= 0.3 is 0 Å². The molecule has 1 fully saturated rings. The van der Waals surface area contributed by atoms with E-state index in [2.05, 4.69) is 29.2 Å². The Hall–Kier alpha value is -1.43. The van der Waals surface area contributed by atoms with Crippen molar-refractivity contribution in [1.29, 1.82) is 0 Å². The van der Waals surface area contributed by atoms with E-state index in [1.165, 1.54) is 12.5 Å².